The summed E-state index contributed by atoms with van der Waals surface area (Å²) in [7, 11) is 0. The second-order valence-corrected chi connectivity index (χ2v) is 8.01. The fourth-order valence-corrected chi connectivity index (χ4v) is 3.76. The first-order valence-corrected chi connectivity index (χ1v) is 9.80. The molecule has 0 aromatic heterocycles. The highest BCUT2D eigenvalue weighted by Crippen LogP contribution is 2.35. The number of carbonyl (C=O) groups excluding carboxylic acids is 2. The Balaban J connectivity index is 1.80. The molecule has 1 fully saturated rings. The molecule has 1 aliphatic heterocycles. The zero-order chi connectivity index (χ0) is 18.7. The molecule has 1 aliphatic rings. The quantitative estimate of drug-likeness (QED) is 0.588. The Kier molecular flexibility index (Phi) is 5.84. The molecule has 0 atom stereocenters. The van der Waals surface area contributed by atoms with Crippen molar-refractivity contribution in [1.82, 2.24) is 4.90 Å². The van der Waals surface area contributed by atoms with Crippen LogP contribution < -0.4 is 4.74 Å². The summed E-state index contributed by atoms with van der Waals surface area (Å²) in [4.78, 5) is 26.2. The first-order valence-electron chi connectivity index (χ1n) is 8.19. The lowest BCUT2D eigenvalue weighted by Gasteiger charge is -2.16. The number of benzene rings is 2. The smallest absolute Gasteiger partial charge is 0.293 e. The Morgan fingerprint density at radius 3 is 2.46 bits per heavy atom. The highest BCUT2D eigenvalue weighted by atomic mass is 79.9. The number of ether oxygens (including phenoxy) is 1. The van der Waals surface area contributed by atoms with Crippen LogP contribution >= 0.6 is 27.7 Å². The van der Waals surface area contributed by atoms with Crippen molar-refractivity contribution in [3.05, 3.63) is 69.0 Å². The second kappa shape index (κ2) is 8.10. The highest BCUT2D eigenvalue weighted by Gasteiger charge is 2.36. The number of hydrogen-bond acceptors (Lipinski definition) is 4. The van der Waals surface area contributed by atoms with E-state index in [9.17, 15) is 9.59 Å². The molecule has 3 rings (SSSR count). The third-order valence-corrected chi connectivity index (χ3v) is 5.27. The molecule has 0 bridgehead atoms. The number of nitrogens with zero attached hydrogens (tertiary/aromatic N) is 1. The third-order valence-electron chi connectivity index (χ3n) is 3.85. The van der Waals surface area contributed by atoms with Crippen molar-refractivity contribution in [3.8, 4) is 5.75 Å². The summed E-state index contributed by atoms with van der Waals surface area (Å²) >= 11 is 4.38. The predicted molar refractivity (Wildman–Crippen MR) is 108 cm³/mol. The van der Waals surface area contributed by atoms with Crippen LogP contribution in [0.1, 0.15) is 25.0 Å². The van der Waals surface area contributed by atoms with Gasteiger partial charge in [-0.1, -0.05) is 46.3 Å². The summed E-state index contributed by atoms with van der Waals surface area (Å²) < 4.78 is 6.95. The van der Waals surface area contributed by atoms with Gasteiger partial charge >= 0.3 is 0 Å². The van der Waals surface area contributed by atoms with Crippen LogP contribution in [0.15, 0.2) is 57.9 Å². The molecule has 2 aromatic carbocycles. The van der Waals surface area contributed by atoms with Crippen LogP contribution in [0.3, 0.4) is 0 Å². The molecule has 1 saturated heterocycles. The molecule has 0 spiro atoms. The SMILES string of the molecule is CC(C)N1C(=O)S/C(=C\c2ccccc2OCc2ccc(Br)cc2)C1=O. The normalized spacial score (nSPS) is 16.0. The first kappa shape index (κ1) is 18.7. The molecule has 2 aromatic rings. The number of thioether (sulfide) groups is 1. The monoisotopic (exact) mass is 431 g/mol. The molecule has 0 aliphatic carbocycles. The molecule has 0 N–H and O–H groups in total. The lowest BCUT2D eigenvalue weighted by Crippen LogP contribution is -2.34. The van der Waals surface area contributed by atoms with Gasteiger partial charge in [0.05, 0.1) is 4.91 Å². The van der Waals surface area contributed by atoms with E-state index >= 15 is 0 Å². The predicted octanol–water partition coefficient (Wildman–Crippen LogP) is 5.47. The molecule has 26 heavy (non-hydrogen) atoms. The minimum absolute atomic E-state index is 0.155. The van der Waals surface area contributed by atoms with Crippen molar-refractivity contribution in [2.24, 2.45) is 0 Å². The van der Waals surface area contributed by atoms with Crippen molar-refractivity contribution >= 4 is 44.9 Å². The van der Waals surface area contributed by atoms with E-state index in [2.05, 4.69) is 15.9 Å². The van der Waals surface area contributed by atoms with E-state index in [-0.39, 0.29) is 17.2 Å². The zero-order valence-corrected chi connectivity index (χ0v) is 16.8. The zero-order valence-electron chi connectivity index (χ0n) is 14.4. The molecular weight excluding hydrogens is 414 g/mol. The number of para-hydroxylation sites is 1. The number of amides is 2. The number of halogens is 1. The lowest BCUT2D eigenvalue weighted by molar-refractivity contribution is -0.123. The minimum atomic E-state index is -0.252. The fourth-order valence-electron chi connectivity index (χ4n) is 2.54. The summed E-state index contributed by atoms with van der Waals surface area (Å²) in [5.74, 6) is 0.421. The summed E-state index contributed by atoms with van der Waals surface area (Å²) in [6, 6.07) is 15.2. The van der Waals surface area contributed by atoms with Crippen molar-refractivity contribution < 1.29 is 14.3 Å². The standard InChI is InChI=1S/C20H18BrNO3S/c1-13(2)22-19(23)18(26-20(22)24)11-15-5-3-4-6-17(15)25-12-14-7-9-16(21)10-8-14/h3-11,13H,12H2,1-2H3/b18-11-. The van der Waals surface area contributed by atoms with Crippen molar-refractivity contribution in [2.75, 3.05) is 0 Å². The first-order chi connectivity index (χ1) is 12.5. The molecule has 0 saturated carbocycles. The van der Waals surface area contributed by atoms with Crippen LogP contribution in [0, 0.1) is 0 Å². The Morgan fingerprint density at radius 2 is 1.81 bits per heavy atom. The van der Waals surface area contributed by atoms with E-state index in [0.717, 1.165) is 27.4 Å². The minimum Gasteiger partial charge on any atom is -0.488 e. The maximum Gasteiger partial charge on any atom is 0.293 e. The van der Waals surface area contributed by atoms with Crippen molar-refractivity contribution in [2.45, 2.75) is 26.5 Å². The van der Waals surface area contributed by atoms with E-state index in [1.807, 2.05) is 62.4 Å². The van der Waals surface area contributed by atoms with Crippen LogP contribution in [-0.4, -0.2) is 22.1 Å². The van der Waals surface area contributed by atoms with Gasteiger partial charge in [0.25, 0.3) is 11.1 Å². The Labute approximate surface area is 165 Å². The molecule has 2 amide bonds. The van der Waals surface area contributed by atoms with Crippen LogP contribution in [0.25, 0.3) is 6.08 Å². The number of imide groups is 1. The molecule has 4 nitrogen and oxygen atoms in total. The van der Waals surface area contributed by atoms with Gasteiger partial charge in [-0.2, -0.15) is 0 Å². The van der Waals surface area contributed by atoms with Gasteiger partial charge in [0.2, 0.25) is 0 Å². The molecule has 1 heterocycles. The van der Waals surface area contributed by atoms with Crippen LogP contribution in [0.2, 0.25) is 0 Å². The largest absolute Gasteiger partial charge is 0.488 e. The van der Waals surface area contributed by atoms with Gasteiger partial charge < -0.3 is 4.74 Å². The molecular formula is C20H18BrNO3S. The molecule has 6 heteroatoms. The Hall–Kier alpha value is -2.05. The van der Waals surface area contributed by atoms with Crippen molar-refractivity contribution in [1.29, 1.82) is 0 Å². The summed E-state index contributed by atoms with van der Waals surface area (Å²) in [6.45, 7) is 4.08. The van der Waals surface area contributed by atoms with Gasteiger partial charge in [-0.05, 0) is 55.4 Å². The van der Waals surface area contributed by atoms with E-state index in [4.69, 9.17) is 4.74 Å². The lowest BCUT2D eigenvalue weighted by atomic mass is 10.1. The van der Waals surface area contributed by atoms with Gasteiger partial charge in [0.1, 0.15) is 12.4 Å². The van der Waals surface area contributed by atoms with E-state index in [1.165, 1.54) is 4.90 Å². The van der Waals surface area contributed by atoms with Gasteiger partial charge in [0.15, 0.2) is 0 Å². The average Bonchev–Trinajstić information content (AvgIpc) is 2.89. The van der Waals surface area contributed by atoms with E-state index in [0.29, 0.717) is 17.3 Å². The van der Waals surface area contributed by atoms with Gasteiger partial charge in [-0.3, -0.25) is 14.5 Å². The van der Waals surface area contributed by atoms with Gasteiger partial charge in [-0.25, -0.2) is 0 Å². The van der Waals surface area contributed by atoms with Gasteiger partial charge in [-0.15, -0.1) is 0 Å². The summed E-state index contributed by atoms with van der Waals surface area (Å²) in [5.41, 5.74) is 1.82. The van der Waals surface area contributed by atoms with E-state index < -0.39 is 0 Å². The van der Waals surface area contributed by atoms with Gasteiger partial charge in [0, 0.05) is 16.1 Å². The third kappa shape index (κ3) is 4.19. The molecule has 134 valence electrons. The maximum absolute atomic E-state index is 12.5. The number of rotatable bonds is 5. The van der Waals surface area contributed by atoms with Crippen LogP contribution in [0.4, 0.5) is 4.79 Å². The van der Waals surface area contributed by atoms with E-state index in [1.54, 1.807) is 6.08 Å². The van der Waals surface area contributed by atoms with Crippen molar-refractivity contribution in [3.63, 3.8) is 0 Å². The summed E-state index contributed by atoms with van der Waals surface area (Å²) in [6.07, 6.45) is 1.73. The Morgan fingerprint density at radius 1 is 1.12 bits per heavy atom. The van der Waals surface area contributed by atoms with Crippen LogP contribution in [0.5, 0.6) is 5.75 Å². The fraction of sp³-hybridized carbons (Fsp3) is 0.200. The van der Waals surface area contributed by atoms with Crippen LogP contribution in [-0.2, 0) is 11.4 Å². The Bertz CT molecular complexity index is 862. The molecule has 0 radical (unpaired) electrons. The highest BCUT2D eigenvalue weighted by molar-refractivity contribution is 9.10. The molecule has 0 unspecified atom stereocenters. The maximum atomic E-state index is 12.5. The number of hydrogen-bond donors (Lipinski definition) is 0. The second-order valence-electron chi connectivity index (χ2n) is 6.10. The topological polar surface area (TPSA) is 46.6 Å². The number of carbonyl (C=O) groups is 2. The average molecular weight is 432 g/mol. The summed E-state index contributed by atoms with van der Waals surface area (Å²) in [5, 5.41) is -0.232.